The molecule has 5 rings (SSSR count). The van der Waals surface area contributed by atoms with E-state index >= 15 is 0 Å². The molecule has 4 heteroatoms. The van der Waals surface area contributed by atoms with Crippen LogP contribution in [-0.2, 0) is 13.1 Å². The number of aromatic nitrogens is 1. The quantitative estimate of drug-likeness (QED) is 0.664. The molecule has 2 aromatic carbocycles. The molecule has 2 aliphatic heterocycles. The van der Waals surface area contributed by atoms with Crippen molar-refractivity contribution in [2.45, 2.75) is 32.4 Å². The molecule has 0 amide bonds. The van der Waals surface area contributed by atoms with Crippen LogP contribution in [0.25, 0.3) is 11.1 Å². The number of benzene rings is 2. The standard InChI is InChI=1S/C26H25N3O/c1-18-5-2-3-8-23(18)24-9-10-25-22-12-21(16-29(25)26(24)30)15-28(17-22)14-20-7-4-6-19(11-20)13-27/h2-11,21-22H,12,14-17H2,1H3/t21-,22-/m1/s1. The first-order valence-corrected chi connectivity index (χ1v) is 10.6. The number of hydrogen-bond acceptors (Lipinski definition) is 3. The van der Waals surface area contributed by atoms with E-state index in [1.165, 1.54) is 11.3 Å². The average molecular weight is 396 g/mol. The summed E-state index contributed by atoms with van der Waals surface area (Å²) in [6, 6.07) is 22.4. The van der Waals surface area contributed by atoms with Gasteiger partial charge in [0.15, 0.2) is 0 Å². The highest BCUT2D eigenvalue weighted by atomic mass is 16.1. The summed E-state index contributed by atoms with van der Waals surface area (Å²) in [6.07, 6.45) is 1.15. The molecule has 0 radical (unpaired) electrons. The van der Waals surface area contributed by atoms with E-state index in [9.17, 15) is 4.79 Å². The minimum absolute atomic E-state index is 0.145. The summed E-state index contributed by atoms with van der Waals surface area (Å²) in [5, 5.41) is 9.16. The SMILES string of the molecule is Cc1ccccc1-c1ccc2n(c1=O)C[C@@H]1C[C@@H]2CN(Cc2cccc(C#N)c2)C1. The van der Waals surface area contributed by atoms with Crippen molar-refractivity contribution >= 4 is 0 Å². The zero-order valence-electron chi connectivity index (χ0n) is 17.2. The molecular formula is C26H25N3O. The van der Waals surface area contributed by atoms with E-state index in [0.717, 1.165) is 49.3 Å². The Morgan fingerprint density at radius 3 is 2.70 bits per heavy atom. The molecule has 4 nitrogen and oxygen atoms in total. The molecule has 0 unspecified atom stereocenters. The van der Waals surface area contributed by atoms with Crippen LogP contribution in [0, 0.1) is 24.2 Å². The molecule has 3 heterocycles. The van der Waals surface area contributed by atoms with E-state index in [0.29, 0.717) is 17.4 Å². The monoisotopic (exact) mass is 395 g/mol. The summed E-state index contributed by atoms with van der Waals surface area (Å²) in [5.74, 6) is 0.871. The molecule has 1 aromatic heterocycles. The first-order chi connectivity index (χ1) is 14.6. The molecule has 1 fully saturated rings. The van der Waals surface area contributed by atoms with E-state index in [1.54, 1.807) is 0 Å². The minimum Gasteiger partial charge on any atom is -0.311 e. The second-order valence-corrected chi connectivity index (χ2v) is 8.71. The predicted octanol–water partition coefficient (Wildman–Crippen LogP) is 4.31. The van der Waals surface area contributed by atoms with Crippen molar-refractivity contribution in [3.63, 3.8) is 0 Å². The maximum atomic E-state index is 13.4. The number of piperidine rings is 1. The Kier molecular flexibility index (Phi) is 4.77. The van der Waals surface area contributed by atoms with Gasteiger partial charge < -0.3 is 4.57 Å². The van der Waals surface area contributed by atoms with Crippen molar-refractivity contribution in [2.24, 2.45) is 5.92 Å². The van der Waals surface area contributed by atoms with Gasteiger partial charge in [-0.05, 0) is 60.2 Å². The number of rotatable bonds is 3. The fourth-order valence-electron chi connectivity index (χ4n) is 5.25. The fourth-order valence-corrected chi connectivity index (χ4v) is 5.25. The molecule has 150 valence electrons. The molecule has 2 aliphatic rings. The molecule has 30 heavy (non-hydrogen) atoms. The summed E-state index contributed by atoms with van der Waals surface area (Å²) in [5.41, 5.74) is 6.19. The Bertz CT molecular complexity index is 1200. The summed E-state index contributed by atoms with van der Waals surface area (Å²) in [6.45, 7) is 5.66. The van der Waals surface area contributed by atoms with Crippen LogP contribution in [0.3, 0.4) is 0 Å². The highest BCUT2D eigenvalue weighted by Gasteiger charge is 2.35. The first-order valence-electron chi connectivity index (χ1n) is 10.6. The minimum atomic E-state index is 0.145. The first kappa shape index (κ1) is 18.8. The number of pyridine rings is 1. The average Bonchev–Trinajstić information content (AvgIpc) is 2.75. The highest BCUT2D eigenvalue weighted by molar-refractivity contribution is 5.66. The van der Waals surface area contributed by atoms with Gasteiger partial charge in [-0.2, -0.15) is 5.26 Å². The van der Waals surface area contributed by atoms with Crippen LogP contribution < -0.4 is 5.56 Å². The lowest BCUT2D eigenvalue weighted by Crippen LogP contribution is -2.46. The van der Waals surface area contributed by atoms with Crippen LogP contribution in [0.2, 0.25) is 0 Å². The number of hydrogen-bond donors (Lipinski definition) is 0. The van der Waals surface area contributed by atoms with Gasteiger partial charge in [-0.3, -0.25) is 9.69 Å². The highest BCUT2D eigenvalue weighted by Crippen LogP contribution is 2.36. The molecule has 2 bridgehead atoms. The Labute approximate surface area is 177 Å². The maximum Gasteiger partial charge on any atom is 0.258 e. The molecular weight excluding hydrogens is 370 g/mol. The van der Waals surface area contributed by atoms with E-state index in [-0.39, 0.29) is 5.56 Å². The number of fused-ring (bicyclic) bond motifs is 4. The van der Waals surface area contributed by atoms with Gasteiger partial charge in [0.05, 0.1) is 11.6 Å². The topological polar surface area (TPSA) is 49.0 Å². The second kappa shape index (κ2) is 7.59. The fraction of sp³-hybridized carbons (Fsp3) is 0.308. The van der Waals surface area contributed by atoms with Gasteiger partial charge in [-0.25, -0.2) is 0 Å². The van der Waals surface area contributed by atoms with Gasteiger partial charge in [0.25, 0.3) is 5.56 Å². The van der Waals surface area contributed by atoms with Gasteiger partial charge in [-0.1, -0.05) is 36.4 Å². The summed E-state index contributed by atoms with van der Waals surface area (Å²) in [7, 11) is 0. The van der Waals surface area contributed by atoms with Crippen molar-refractivity contribution in [3.05, 3.63) is 93.4 Å². The number of likely N-dealkylation sites (tertiary alicyclic amines) is 1. The van der Waals surface area contributed by atoms with Crippen LogP contribution in [0.1, 0.15) is 34.7 Å². The largest absolute Gasteiger partial charge is 0.311 e. The predicted molar refractivity (Wildman–Crippen MR) is 118 cm³/mol. The lowest BCUT2D eigenvalue weighted by Gasteiger charge is -2.43. The van der Waals surface area contributed by atoms with Gasteiger partial charge in [0, 0.05) is 43.4 Å². The molecule has 2 atom stereocenters. The van der Waals surface area contributed by atoms with Gasteiger partial charge in [0.1, 0.15) is 0 Å². The van der Waals surface area contributed by atoms with E-state index < -0.39 is 0 Å². The van der Waals surface area contributed by atoms with Crippen molar-refractivity contribution < 1.29 is 0 Å². The van der Waals surface area contributed by atoms with E-state index in [2.05, 4.69) is 36.1 Å². The summed E-state index contributed by atoms with van der Waals surface area (Å²) >= 11 is 0. The van der Waals surface area contributed by atoms with Crippen LogP contribution in [0.15, 0.2) is 65.5 Å². The normalized spacial score (nSPS) is 20.4. The third-order valence-corrected chi connectivity index (χ3v) is 6.58. The Balaban J connectivity index is 1.43. The number of nitriles is 1. The number of aryl methyl sites for hydroxylation is 1. The maximum absolute atomic E-state index is 13.4. The molecule has 0 N–H and O–H groups in total. The lowest BCUT2D eigenvalue weighted by atomic mass is 9.82. The van der Waals surface area contributed by atoms with E-state index in [1.807, 2.05) is 47.0 Å². The van der Waals surface area contributed by atoms with Crippen molar-refractivity contribution in [2.75, 3.05) is 13.1 Å². The van der Waals surface area contributed by atoms with Crippen LogP contribution in [-0.4, -0.2) is 22.6 Å². The van der Waals surface area contributed by atoms with Gasteiger partial charge in [0.2, 0.25) is 0 Å². The third-order valence-electron chi connectivity index (χ3n) is 6.58. The molecule has 0 saturated carbocycles. The second-order valence-electron chi connectivity index (χ2n) is 8.71. The van der Waals surface area contributed by atoms with E-state index in [4.69, 9.17) is 5.26 Å². The van der Waals surface area contributed by atoms with Crippen LogP contribution >= 0.6 is 0 Å². The summed E-state index contributed by atoms with van der Waals surface area (Å²) in [4.78, 5) is 15.8. The number of nitrogens with zero attached hydrogens (tertiary/aromatic N) is 3. The molecule has 1 saturated heterocycles. The van der Waals surface area contributed by atoms with Crippen molar-refractivity contribution in [1.82, 2.24) is 9.47 Å². The Morgan fingerprint density at radius 2 is 1.87 bits per heavy atom. The molecule has 3 aromatic rings. The third kappa shape index (κ3) is 3.36. The van der Waals surface area contributed by atoms with Crippen molar-refractivity contribution in [3.8, 4) is 17.2 Å². The zero-order valence-corrected chi connectivity index (χ0v) is 17.2. The smallest absolute Gasteiger partial charge is 0.258 e. The Morgan fingerprint density at radius 1 is 1.00 bits per heavy atom. The van der Waals surface area contributed by atoms with Gasteiger partial charge in [-0.15, -0.1) is 0 Å². The van der Waals surface area contributed by atoms with Crippen LogP contribution in [0.4, 0.5) is 0 Å². The molecule has 0 aliphatic carbocycles. The lowest BCUT2D eigenvalue weighted by molar-refractivity contribution is 0.114. The van der Waals surface area contributed by atoms with Crippen LogP contribution in [0.5, 0.6) is 0 Å². The molecule has 0 spiro atoms. The zero-order chi connectivity index (χ0) is 20.7. The summed E-state index contributed by atoms with van der Waals surface area (Å²) < 4.78 is 2.04. The van der Waals surface area contributed by atoms with Crippen molar-refractivity contribution in [1.29, 1.82) is 5.26 Å². The van der Waals surface area contributed by atoms with Gasteiger partial charge >= 0.3 is 0 Å². The Hall–Kier alpha value is -3.16.